The maximum atomic E-state index is 12.6. The van der Waals surface area contributed by atoms with E-state index in [1.165, 1.54) is 0 Å². The van der Waals surface area contributed by atoms with Crippen LogP contribution in [0.15, 0.2) is 42.5 Å². The van der Waals surface area contributed by atoms with Crippen LogP contribution in [0, 0.1) is 0 Å². The molecule has 0 bridgehead atoms. The summed E-state index contributed by atoms with van der Waals surface area (Å²) in [6.07, 6.45) is 1.98. The number of methoxy groups -OCH3 is 1. The number of carbonyl (C=O) groups excluding carboxylic acids is 1. The fourth-order valence-corrected chi connectivity index (χ4v) is 2.12. The van der Waals surface area contributed by atoms with E-state index in [0.29, 0.717) is 35.0 Å². The molecule has 0 spiro atoms. The van der Waals surface area contributed by atoms with Crippen molar-refractivity contribution in [3.63, 3.8) is 0 Å². The summed E-state index contributed by atoms with van der Waals surface area (Å²) < 4.78 is 10.9. The first kappa shape index (κ1) is 16.7. The van der Waals surface area contributed by atoms with Crippen LogP contribution in [0.2, 0.25) is 0 Å². The third-order valence-electron chi connectivity index (χ3n) is 3.36. The SMILES string of the molecule is CCCCOc1ccccc1C(=O)Nc1cc(N)ccc1OC. The molecule has 0 saturated carbocycles. The maximum Gasteiger partial charge on any atom is 0.259 e. The monoisotopic (exact) mass is 314 g/mol. The van der Waals surface area contributed by atoms with Gasteiger partial charge in [-0.05, 0) is 36.8 Å². The number of hydrogen-bond acceptors (Lipinski definition) is 4. The zero-order valence-corrected chi connectivity index (χ0v) is 13.5. The standard InChI is InChI=1S/C18H22N2O3/c1-3-4-11-23-16-8-6-5-7-14(16)18(21)20-15-12-13(19)9-10-17(15)22-2/h5-10,12H,3-4,11,19H2,1-2H3,(H,20,21). The number of rotatable bonds is 7. The van der Waals surface area contributed by atoms with Gasteiger partial charge >= 0.3 is 0 Å². The second-order valence-electron chi connectivity index (χ2n) is 5.11. The highest BCUT2D eigenvalue weighted by Crippen LogP contribution is 2.28. The zero-order chi connectivity index (χ0) is 16.7. The van der Waals surface area contributed by atoms with Gasteiger partial charge in [-0.25, -0.2) is 0 Å². The Labute approximate surface area is 136 Å². The highest BCUT2D eigenvalue weighted by Gasteiger charge is 2.14. The van der Waals surface area contributed by atoms with Gasteiger partial charge in [-0.2, -0.15) is 0 Å². The topological polar surface area (TPSA) is 73.6 Å². The number of nitrogens with two attached hydrogens (primary N) is 1. The van der Waals surface area contributed by atoms with E-state index in [-0.39, 0.29) is 5.91 Å². The number of benzene rings is 2. The van der Waals surface area contributed by atoms with Crippen molar-refractivity contribution in [2.24, 2.45) is 0 Å². The molecule has 0 fully saturated rings. The predicted octanol–water partition coefficient (Wildman–Crippen LogP) is 3.71. The minimum atomic E-state index is -0.263. The highest BCUT2D eigenvalue weighted by molar-refractivity contribution is 6.07. The summed E-state index contributed by atoms with van der Waals surface area (Å²) in [5.41, 5.74) is 7.33. The fourth-order valence-electron chi connectivity index (χ4n) is 2.12. The number of amides is 1. The van der Waals surface area contributed by atoms with E-state index in [4.69, 9.17) is 15.2 Å². The van der Waals surface area contributed by atoms with Crippen LogP contribution in [0.3, 0.4) is 0 Å². The van der Waals surface area contributed by atoms with Crippen LogP contribution < -0.4 is 20.5 Å². The molecule has 0 heterocycles. The Morgan fingerprint density at radius 3 is 2.70 bits per heavy atom. The van der Waals surface area contributed by atoms with Crippen LogP contribution in [-0.2, 0) is 0 Å². The van der Waals surface area contributed by atoms with Crippen molar-refractivity contribution in [2.45, 2.75) is 19.8 Å². The Bertz CT molecular complexity index is 671. The number of para-hydroxylation sites is 1. The zero-order valence-electron chi connectivity index (χ0n) is 13.5. The quantitative estimate of drug-likeness (QED) is 0.603. The van der Waals surface area contributed by atoms with E-state index in [0.717, 1.165) is 12.8 Å². The van der Waals surface area contributed by atoms with E-state index in [2.05, 4.69) is 12.2 Å². The highest BCUT2D eigenvalue weighted by atomic mass is 16.5. The second kappa shape index (κ2) is 8.08. The van der Waals surface area contributed by atoms with Gasteiger partial charge in [0.2, 0.25) is 0 Å². The lowest BCUT2D eigenvalue weighted by Crippen LogP contribution is -2.14. The minimum absolute atomic E-state index is 0.263. The number of unbranched alkanes of at least 4 members (excludes halogenated alkanes) is 1. The Morgan fingerprint density at radius 1 is 1.17 bits per heavy atom. The molecule has 5 heteroatoms. The van der Waals surface area contributed by atoms with Crippen LogP contribution in [-0.4, -0.2) is 19.6 Å². The van der Waals surface area contributed by atoms with Gasteiger partial charge in [-0.3, -0.25) is 4.79 Å². The molecule has 2 aromatic carbocycles. The summed E-state index contributed by atoms with van der Waals surface area (Å²) in [5.74, 6) is 0.860. The van der Waals surface area contributed by atoms with E-state index in [1.807, 2.05) is 6.07 Å². The van der Waals surface area contributed by atoms with Crippen molar-refractivity contribution in [1.29, 1.82) is 0 Å². The normalized spacial score (nSPS) is 10.2. The van der Waals surface area contributed by atoms with Crippen molar-refractivity contribution in [1.82, 2.24) is 0 Å². The Kier molecular flexibility index (Phi) is 5.86. The first-order valence-corrected chi connectivity index (χ1v) is 7.62. The van der Waals surface area contributed by atoms with Crippen molar-refractivity contribution in [2.75, 3.05) is 24.8 Å². The molecule has 3 N–H and O–H groups in total. The van der Waals surface area contributed by atoms with Crippen molar-refractivity contribution < 1.29 is 14.3 Å². The molecular formula is C18H22N2O3. The molecular weight excluding hydrogens is 292 g/mol. The molecule has 0 unspecified atom stereocenters. The Morgan fingerprint density at radius 2 is 1.96 bits per heavy atom. The second-order valence-corrected chi connectivity index (χ2v) is 5.11. The van der Waals surface area contributed by atoms with Crippen molar-refractivity contribution in [3.8, 4) is 11.5 Å². The Hall–Kier alpha value is -2.69. The number of hydrogen-bond donors (Lipinski definition) is 2. The molecule has 0 saturated heterocycles. The summed E-state index contributed by atoms with van der Waals surface area (Å²) >= 11 is 0. The number of nitrogen functional groups attached to an aromatic ring is 1. The van der Waals surface area contributed by atoms with Gasteiger partial charge in [-0.15, -0.1) is 0 Å². The number of anilines is 2. The maximum absolute atomic E-state index is 12.6. The minimum Gasteiger partial charge on any atom is -0.495 e. The summed E-state index contributed by atoms with van der Waals surface area (Å²) in [6, 6.07) is 12.3. The molecule has 0 aromatic heterocycles. The van der Waals surface area contributed by atoms with Crippen molar-refractivity contribution >= 4 is 17.3 Å². The molecule has 0 aliphatic carbocycles. The molecule has 122 valence electrons. The number of nitrogens with one attached hydrogen (secondary N) is 1. The Balaban J connectivity index is 2.19. The van der Waals surface area contributed by atoms with Crippen molar-refractivity contribution in [3.05, 3.63) is 48.0 Å². The first-order valence-electron chi connectivity index (χ1n) is 7.62. The largest absolute Gasteiger partial charge is 0.495 e. The lowest BCUT2D eigenvalue weighted by Gasteiger charge is -2.13. The smallest absolute Gasteiger partial charge is 0.259 e. The molecule has 1 amide bonds. The third-order valence-corrected chi connectivity index (χ3v) is 3.36. The van der Waals surface area contributed by atoms with E-state index >= 15 is 0 Å². The molecule has 0 radical (unpaired) electrons. The van der Waals surface area contributed by atoms with Gasteiger partial charge in [0.1, 0.15) is 11.5 Å². The molecule has 23 heavy (non-hydrogen) atoms. The summed E-state index contributed by atoms with van der Waals surface area (Å²) in [4.78, 5) is 12.6. The van der Waals surface area contributed by atoms with Gasteiger partial charge in [0.05, 0.1) is 25.0 Å². The summed E-state index contributed by atoms with van der Waals surface area (Å²) in [7, 11) is 1.54. The van der Waals surface area contributed by atoms with Crippen LogP contribution in [0.25, 0.3) is 0 Å². The average Bonchev–Trinajstić information content (AvgIpc) is 2.56. The summed E-state index contributed by atoms with van der Waals surface area (Å²) in [5, 5.41) is 2.83. The molecule has 2 rings (SSSR count). The van der Waals surface area contributed by atoms with Gasteiger partial charge in [-0.1, -0.05) is 25.5 Å². The molecule has 0 aliphatic rings. The van der Waals surface area contributed by atoms with Crippen LogP contribution in [0.4, 0.5) is 11.4 Å². The predicted molar refractivity (Wildman–Crippen MR) is 92.2 cm³/mol. The molecule has 0 atom stereocenters. The van der Waals surface area contributed by atoms with Crippen LogP contribution in [0.1, 0.15) is 30.1 Å². The van der Waals surface area contributed by atoms with E-state index in [9.17, 15) is 4.79 Å². The van der Waals surface area contributed by atoms with Gasteiger partial charge in [0.15, 0.2) is 0 Å². The summed E-state index contributed by atoms with van der Waals surface area (Å²) in [6.45, 7) is 2.68. The average molecular weight is 314 g/mol. The number of ether oxygens (including phenoxy) is 2. The van der Waals surface area contributed by atoms with E-state index in [1.54, 1.807) is 43.5 Å². The lowest BCUT2D eigenvalue weighted by molar-refractivity contribution is 0.102. The molecule has 2 aromatic rings. The van der Waals surface area contributed by atoms with E-state index < -0.39 is 0 Å². The molecule has 5 nitrogen and oxygen atoms in total. The first-order chi connectivity index (χ1) is 11.2. The number of carbonyl (C=O) groups is 1. The van der Waals surface area contributed by atoms with Crippen LogP contribution >= 0.6 is 0 Å². The van der Waals surface area contributed by atoms with Crippen LogP contribution in [0.5, 0.6) is 11.5 Å². The van der Waals surface area contributed by atoms with Gasteiger partial charge in [0, 0.05) is 5.69 Å². The fraction of sp³-hybridized carbons (Fsp3) is 0.278. The van der Waals surface area contributed by atoms with Gasteiger partial charge < -0.3 is 20.5 Å². The van der Waals surface area contributed by atoms with Gasteiger partial charge in [0.25, 0.3) is 5.91 Å². The third kappa shape index (κ3) is 4.39. The lowest BCUT2D eigenvalue weighted by atomic mass is 10.1. The molecule has 0 aliphatic heterocycles.